The lowest BCUT2D eigenvalue weighted by Gasteiger charge is -2.29. The van der Waals surface area contributed by atoms with Crippen molar-refractivity contribution in [2.45, 2.75) is 38.8 Å². The lowest BCUT2D eigenvalue weighted by Crippen LogP contribution is -2.36. The second-order valence-corrected chi connectivity index (χ2v) is 4.94. The molecule has 0 spiro atoms. The Morgan fingerprint density at radius 1 is 1.30 bits per heavy atom. The topological polar surface area (TPSA) is 55.4 Å². The van der Waals surface area contributed by atoms with Gasteiger partial charge in [0.05, 0.1) is 13.0 Å². The average molecular weight is 293 g/mol. The smallest absolute Gasteiger partial charge is 0.391 e. The molecular formula is C13H18F3NO3. The molecule has 0 heterocycles. The Kier molecular flexibility index (Phi) is 5.59. The van der Waals surface area contributed by atoms with Crippen LogP contribution in [0.4, 0.5) is 13.2 Å². The van der Waals surface area contributed by atoms with Crippen LogP contribution in [0.25, 0.3) is 0 Å². The van der Waals surface area contributed by atoms with Gasteiger partial charge < -0.3 is 10.1 Å². The number of nitrogens with one attached hydrogen (secondary N) is 1. The minimum Gasteiger partial charge on any atom is -0.466 e. The second kappa shape index (κ2) is 6.76. The van der Waals surface area contributed by atoms with E-state index in [1.54, 1.807) is 0 Å². The van der Waals surface area contributed by atoms with Crippen LogP contribution in [0.15, 0.2) is 11.8 Å². The largest absolute Gasteiger partial charge is 0.466 e. The number of alkyl halides is 3. The third kappa shape index (κ3) is 4.86. The highest BCUT2D eigenvalue weighted by atomic mass is 19.4. The Hall–Kier alpha value is -1.53. The normalized spacial score (nSPS) is 24.1. The first-order valence-electron chi connectivity index (χ1n) is 6.38. The van der Waals surface area contributed by atoms with Crippen LogP contribution < -0.4 is 5.32 Å². The van der Waals surface area contributed by atoms with Gasteiger partial charge in [-0.15, -0.1) is 0 Å². The molecule has 1 aliphatic carbocycles. The molecule has 0 bridgehead atoms. The first-order valence-corrected chi connectivity index (χ1v) is 6.38. The molecule has 0 aromatic carbocycles. The third-order valence-electron chi connectivity index (χ3n) is 3.36. The predicted octanol–water partition coefficient (Wildman–Crippen LogP) is 2.55. The number of carbonyl (C=O) groups excluding carboxylic acids is 2. The summed E-state index contributed by atoms with van der Waals surface area (Å²) in [6.45, 7) is 1.49. The molecule has 7 heteroatoms. The molecule has 20 heavy (non-hydrogen) atoms. The summed E-state index contributed by atoms with van der Waals surface area (Å²) < 4.78 is 42.4. The van der Waals surface area contributed by atoms with E-state index in [1.807, 2.05) is 0 Å². The lowest BCUT2D eigenvalue weighted by molar-refractivity contribution is -0.186. The predicted molar refractivity (Wildman–Crippen MR) is 65.4 cm³/mol. The second-order valence-electron chi connectivity index (χ2n) is 4.94. The summed E-state index contributed by atoms with van der Waals surface area (Å²) in [7, 11) is 1.20. The Labute approximate surface area is 115 Å². The van der Waals surface area contributed by atoms with Crippen LogP contribution in [0.1, 0.15) is 32.6 Å². The van der Waals surface area contributed by atoms with Gasteiger partial charge in [0, 0.05) is 17.7 Å². The molecule has 0 radical (unpaired) electrons. The van der Waals surface area contributed by atoms with Gasteiger partial charge in [-0.1, -0.05) is 6.42 Å². The van der Waals surface area contributed by atoms with E-state index in [2.05, 4.69) is 10.1 Å². The first-order chi connectivity index (χ1) is 9.24. The molecule has 1 N–H and O–H groups in total. The molecule has 2 unspecified atom stereocenters. The van der Waals surface area contributed by atoms with Crippen molar-refractivity contribution in [2.75, 3.05) is 7.11 Å². The van der Waals surface area contributed by atoms with Crippen molar-refractivity contribution >= 4 is 11.9 Å². The van der Waals surface area contributed by atoms with Crippen molar-refractivity contribution in [3.05, 3.63) is 11.8 Å². The van der Waals surface area contributed by atoms with Gasteiger partial charge >= 0.3 is 12.1 Å². The van der Waals surface area contributed by atoms with Gasteiger partial charge in [0.25, 0.3) is 0 Å². The summed E-state index contributed by atoms with van der Waals surface area (Å²) in [5.41, 5.74) is 0.260. The van der Waals surface area contributed by atoms with Crippen LogP contribution in [0.3, 0.4) is 0 Å². The Morgan fingerprint density at radius 3 is 2.50 bits per heavy atom. The highest BCUT2D eigenvalue weighted by Gasteiger charge is 2.43. The maximum Gasteiger partial charge on any atom is 0.391 e. The van der Waals surface area contributed by atoms with Gasteiger partial charge in [0.15, 0.2) is 0 Å². The van der Waals surface area contributed by atoms with E-state index in [9.17, 15) is 22.8 Å². The minimum atomic E-state index is -4.25. The number of methoxy groups -OCH3 is 1. The summed E-state index contributed by atoms with van der Waals surface area (Å²) in [5, 5.41) is 2.44. The number of rotatable bonds is 3. The van der Waals surface area contributed by atoms with Crippen LogP contribution in [0.2, 0.25) is 0 Å². The van der Waals surface area contributed by atoms with Gasteiger partial charge in [0.2, 0.25) is 5.91 Å². The fourth-order valence-corrected chi connectivity index (χ4v) is 2.29. The Morgan fingerprint density at radius 2 is 1.95 bits per heavy atom. The molecule has 1 fully saturated rings. The summed E-state index contributed by atoms with van der Waals surface area (Å²) >= 11 is 0. The fraction of sp³-hybridized carbons (Fsp3) is 0.692. The standard InChI is InChI=1S/C13H18F3NO3/c1-8(6-11(18)20-2)17-12(19)9-4-3-5-10(7-9)13(14,15)16/h6,9-10H,3-5,7H2,1-2H3,(H,17,19)/b8-6-. The average Bonchev–Trinajstić information content (AvgIpc) is 2.37. The maximum absolute atomic E-state index is 12.7. The van der Waals surface area contributed by atoms with Gasteiger partial charge in [-0.3, -0.25) is 4.79 Å². The van der Waals surface area contributed by atoms with Crippen LogP contribution in [0.5, 0.6) is 0 Å². The highest BCUT2D eigenvalue weighted by Crippen LogP contribution is 2.39. The SMILES string of the molecule is COC(=O)/C=C(/C)NC(=O)C1CCCC(C(F)(F)F)C1. The number of esters is 1. The van der Waals surface area contributed by atoms with Gasteiger partial charge in [-0.2, -0.15) is 13.2 Å². The van der Waals surface area contributed by atoms with Crippen LogP contribution >= 0.6 is 0 Å². The molecule has 114 valence electrons. The fourth-order valence-electron chi connectivity index (χ4n) is 2.29. The van der Waals surface area contributed by atoms with Crippen molar-refractivity contribution in [1.82, 2.24) is 5.32 Å². The Balaban J connectivity index is 2.59. The lowest BCUT2D eigenvalue weighted by atomic mass is 9.80. The number of ether oxygens (including phenoxy) is 1. The minimum absolute atomic E-state index is 0.0737. The molecule has 2 atom stereocenters. The number of allylic oxidation sites excluding steroid dienone is 1. The van der Waals surface area contributed by atoms with Crippen LogP contribution in [-0.2, 0) is 14.3 Å². The van der Waals surface area contributed by atoms with E-state index >= 15 is 0 Å². The van der Waals surface area contributed by atoms with Crippen molar-refractivity contribution in [3.63, 3.8) is 0 Å². The quantitative estimate of drug-likeness (QED) is 0.642. The zero-order valence-electron chi connectivity index (χ0n) is 11.4. The number of hydrogen-bond acceptors (Lipinski definition) is 3. The molecule has 1 amide bonds. The molecule has 0 aliphatic heterocycles. The number of hydrogen-bond donors (Lipinski definition) is 1. The first kappa shape index (κ1) is 16.5. The number of halogens is 3. The number of carbonyl (C=O) groups is 2. The van der Waals surface area contributed by atoms with Crippen LogP contribution in [-0.4, -0.2) is 25.2 Å². The van der Waals surface area contributed by atoms with Crippen molar-refractivity contribution in [3.8, 4) is 0 Å². The number of amides is 1. The van der Waals surface area contributed by atoms with E-state index in [4.69, 9.17) is 0 Å². The van der Waals surface area contributed by atoms with E-state index < -0.39 is 29.9 Å². The molecule has 1 saturated carbocycles. The van der Waals surface area contributed by atoms with E-state index in [1.165, 1.54) is 14.0 Å². The molecular weight excluding hydrogens is 275 g/mol. The molecule has 0 saturated heterocycles. The molecule has 0 aromatic heterocycles. The van der Waals surface area contributed by atoms with Crippen molar-refractivity contribution in [2.24, 2.45) is 11.8 Å². The molecule has 0 aromatic rings. The summed E-state index contributed by atoms with van der Waals surface area (Å²) in [6, 6.07) is 0. The highest BCUT2D eigenvalue weighted by molar-refractivity contribution is 5.85. The monoisotopic (exact) mass is 293 g/mol. The third-order valence-corrected chi connectivity index (χ3v) is 3.36. The Bertz CT molecular complexity index is 404. The van der Waals surface area contributed by atoms with Gasteiger partial charge in [-0.25, -0.2) is 4.79 Å². The zero-order chi connectivity index (χ0) is 15.3. The van der Waals surface area contributed by atoms with E-state index in [-0.39, 0.29) is 18.5 Å². The van der Waals surface area contributed by atoms with Gasteiger partial charge in [0.1, 0.15) is 0 Å². The van der Waals surface area contributed by atoms with Crippen molar-refractivity contribution in [1.29, 1.82) is 0 Å². The summed E-state index contributed by atoms with van der Waals surface area (Å²) in [6.07, 6.45) is -2.48. The summed E-state index contributed by atoms with van der Waals surface area (Å²) in [5.74, 6) is -3.19. The van der Waals surface area contributed by atoms with Gasteiger partial charge in [-0.05, 0) is 26.2 Å². The molecule has 1 rings (SSSR count). The van der Waals surface area contributed by atoms with E-state index in [0.717, 1.165) is 6.08 Å². The maximum atomic E-state index is 12.7. The van der Waals surface area contributed by atoms with E-state index in [0.29, 0.717) is 12.8 Å². The van der Waals surface area contributed by atoms with Crippen molar-refractivity contribution < 1.29 is 27.5 Å². The zero-order valence-corrected chi connectivity index (χ0v) is 11.4. The molecule has 1 aliphatic rings. The molecule has 4 nitrogen and oxygen atoms in total. The summed E-state index contributed by atoms with van der Waals surface area (Å²) in [4.78, 5) is 22.8. The van der Waals surface area contributed by atoms with Crippen LogP contribution in [0, 0.1) is 11.8 Å².